The van der Waals surface area contributed by atoms with Crippen molar-refractivity contribution in [3.63, 3.8) is 0 Å². The van der Waals surface area contributed by atoms with Crippen LogP contribution in [0.15, 0.2) is 28.4 Å². The summed E-state index contributed by atoms with van der Waals surface area (Å²) < 4.78 is 37.7. The first-order valence-corrected chi connectivity index (χ1v) is 7.66. The molecule has 0 aromatic carbocycles. The van der Waals surface area contributed by atoms with Crippen molar-refractivity contribution in [3.8, 4) is 22.1 Å². The van der Waals surface area contributed by atoms with Crippen LogP contribution in [0.4, 0.5) is 13.2 Å². The molecule has 21 heavy (non-hydrogen) atoms. The van der Waals surface area contributed by atoms with Crippen LogP contribution in [0.1, 0.15) is 11.3 Å². The van der Waals surface area contributed by atoms with Gasteiger partial charge in [0.1, 0.15) is 0 Å². The van der Waals surface area contributed by atoms with E-state index in [9.17, 15) is 13.2 Å². The zero-order valence-corrected chi connectivity index (χ0v) is 12.3. The largest absolute Gasteiger partial charge is 0.434 e. The number of nitrogens with zero attached hydrogens (tertiary/aromatic N) is 3. The van der Waals surface area contributed by atoms with Crippen LogP contribution in [0, 0.1) is 6.92 Å². The van der Waals surface area contributed by atoms with Crippen LogP contribution in [0.25, 0.3) is 22.1 Å². The summed E-state index contributed by atoms with van der Waals surface area (Å²) in [6, 6.07) is 1.73. The number of alkyl halides is 3. The van der Waals surface area contributed by atoms with E-state index in [1.165, 1.54) is 6.20 Å². The van der Waals surface area contributed by atoms with Crippen LogP contribution >= 0.6 is 22.7 Å². The Morgan fingerprint density at radius 3 is 2.52 bits per heavy atom. The van der Waals surface area contributed by atoms with Crippen molar-refractivity contribution in [2.75, 3.05) is 0 Å². The number of thiophene rings is 1. The maximum Gasteiger partial charge on any atom is 0.434 e. The molecule has 0 amide bonds. The van der Waals surface area contributed by atoms with Crippen molar-refractivity contribution in [1.29, 1.82) is 0 Å². The van der Waals surface area contributed by atoms with Crippen molar-refractivity contribution >= 4 is 22.7 Å². The van der Waals surface area contributed by atoms with Crippen molar-refractivity contribution < 1.29 is 13.2 Å². The number of aryl methyl sites for hydroxylation is 1. The van der Waals surface area contributed by atoms with Crippen LogP contribution in [-0.2, 0) is 6.18 Å². The maximum absolute atomic E-state index is 12.6. The van der Waals surface area contributed by atoms with Gasteiger partial charge in [0.15, 0.2) is 16.5 Å². The first-order chi connectivity index (χ1) is 9.95. The van der Waals surface area contributed by atoms with Gasteiger partial charge in [0.2, 0.25) is 0 Å². The first kappa shape index (κ1) is 14.2. The maximum atomic E-state index is 12.6. The van der Waals surface area contributed by atoms with Crippen molar-refractivity contribution in [2.45, 2.75) is 13.1 Å². The van der Waals surface area contributed by atoms with Gasteiger partial charge in [0, 0.05) is 22.5 Å². The second-order valence-corrected chi connectivity index (χ2v) is 5.87. The SMILES string of the molecule is Cc1cscc1-c1ccnc(-c2nc(C(F)(F)F)cs2)n1. The van der Waals surface area contributed by atoms with E-state index in [0.29, 0.717) is 5.69 Å². The monoisotopic (exact) mass is 327 g/mol. The van der Waals surface area contributed by atoms with E-state index < -0.39 is 11.9 Å². The number of rotatable bonds is 2. The Bertz CT molecular complexity index is 777. The molecule has 8 heteroatoms. The summed E-state index contributed by atoms with van der Waals surface area (Å²) in [4.78, 5) is 11.9. The standard InChI is InChI=1S/C13H8F3N3S2/c1-7-4-20-5-8(7)9-2-3-17-11(18-9)12-19-10(6-21-12)13(14,15)16/h2-6H,1H3. The number of aromatic nitrogens is 3. The molecule has 0 spiro atoms. The third-order valence-electron chi connectivity index (χ3n) is 2.77. The van der Waals surface area contributed by atoms with E-state index >= 15 is 0 Å². The summed E-state index contributed by atoms with van der Waals surface area (Å²) in [5.41, 5.74) is 1.79. The molecule has 3 nitrogen and oxygen atoms in total. The first-order valence-electron chi connectivity index (χ1n) is 5.84. The van der Waals surface area contributed by atoms with E-state index in [0.717, 1.165) is 27.8 Å². The lowest BCUT2D eigenvalue weighted by atomic mass is 10.1. The quantitative estimate of drug-likeness (QED) is 0.687. The predicted molar refractivity (Wildman–Crippen MR) is 76.2 cm³/mol. The highest BCUT2D eigenvalue weighted by Crippen LogP contribution is 2.33. The Balaban J connectivity index is 2.01. The highest BCUT2D eigenvalue weighted by Gasteiger charge is 2.34. The predicted octanol–water partition coefficient (Wildman–Crippen LogP) is 4.66. The molecule has 0 aliphatic carbocycles. The molecular weight excluding hydrogens is 319 g/mol. The van der Waals surface area contributed by atoms with Gasteiger partial charge in [0.25, 0.3) is 0 Å². The van der Waals surface area contributed by atoms with Crippen LogP contribution < -0.4 is 0 Å². The lowest BCUT2D eigenvalue weighted by Crippen LogP contribution is -2.05. The highest BCUT2D eigenvalue weighted by molar-refractivity contribution is 7.13. The topological polar surface area (TPSA) is 38.7 Å². The fourth-order valence-corrected chi connectivity index (χ4v) is 3.35. The van der Waals surface area contributed by atoms with Crippen molar-refractivity contribution in [1.82, 2.24) is 15.0 Å². The molecule has 0 saturated heterocycles. The van der Waals surface area contributed by atoms with Gasteiger partial charge >= 0.3 is 6.18 Å². The number of halogens is 3. The van der Waals surface area contributed by atoms with E-state index in [-0.39, 0.29) is 10.8 Å². The molecule has 3 aromatic heterocycles. The third-order valence-corrected chi connectivity index (χ3v) is 4.47. The molecule has 0 unspecified atom stereocenters. The van der Waals surface area contributed by atoms with Gasteiger partial charge in [-0.3, -0.25) is 0 Å². The summed E-state index contributed by atoms with van der Waals surface area (Å²) >= 11 is 2.43. The summed E-state index contributed by atoms with van der Waals surface area (Å²) in [6.07, 6.45) is -2.92. The zero-order chi connectivity index (χ0) is 15.0. The minimum Gasteiger partial charge on any atom is -0.234 e. The van der Waals surface area contributed by atoms with E-state index in [2.05, 4.69) is 15.0 Å². The summed E-state index contributed by atoms with van der Waals surface area (Å²) in [5, 5.41) is 5.07. The smallest absolute Gasteiger partial charge is 0.234 e. The molecule has 3 heterocycles. The fourth-order valence-electron chi connectivity index (χ4n) is 1.74. The average Bonchev–Trinajstić information content (AvgIpc) is 3.06. The lowest BCUT2D eigenvalue weighted by molar-refractivity contribution is -0.140. The van der Waals surface area contributed by atoms with Crippen molar-refractivity contribution in [3.05, 3.63) is 39.7 Å². The van der Waals surface area contributed by atoms with Gasteiger partial charge in [-0.15, -0.1) is 11.3 Å². The van der Waals surface area contributed by atoms with Gasteiger partial charge in [-0.25, -0.2) is 15.0 Å². The summed E-state index contributed by atoms with van der Waals surface area (Å²) in [7, 11) is 0. The Labute approximate surface area is 126 Å². The molecule has 108 valence electrons. The second kappa shape index (κ2) is 5.19. The van der Waals surface area contributed by atoms with E-state index in [1.807, 2.05) is 17.7 Å². The minimum absolute atomic E-state index is 0.164. The normalized spacial score (nSPS) is 11.8. The fraction of sp³-hybridized carbons (Fsp3) is 0.154. The molecule has 0 N–H and O–H groups in total. The summed E-state index contributed by atoms with van der Waals surface area (Å²) in [5.74, 6) is 0.207. The van der Waals surface area contributed by atoms with Crippen LogP contribution in [0.3, 0.4) is 0 Å². The van der Waals surface area contributed by atoms with Gasteiger partial charge in [-0.2, -0.15) is 24.5 Å². The van der Waals surface area contributed by atoms with Crippen molar-refractivity contribution in [2.24, 2.45) is 0 Å². The minimum atomic E-state index is -4.45. The molecule has 0 fully saturated rings. The Morgan fingerprint density at radius 2 is 1.90 bits per heavy atom. The van der Waals surface area contributed by atoms with E-state index in [1.54, 1.807) is 17.4 Å². The Hall–Kier alpha value is -1.80. The molecule has 0 saturated carbocycles. The second-order valence-electron chi connectivity index (χ2n) is 4.27. The molecule has 3 rings (SSSR count). The molecule has 0 aliphatic heterocycles. The third kappa shape index (κ3) is 2.81. The average molecular weight is 327 g/mol. The van der Waals surface area contributed by atoms with Gasteiger partial charge in [-0.05, 0) is 23.9 Å². The highest BCUT2D eigenvalue weighted by atomic mass is 32.1. The molecule has 3 aromatic rings. The Kier molecular flexibility index (Phi) is 3.50. The number of hydrogen-bond donors (Lipinski definition) is 0. The molecule has 0 atom stereocenters. The molecule has 0 bridgehead atoms. The van der Waals surface area contributed by atoms with Gasteiger partial charge < -0.3 is 0 Å². The lowest BCUT2D eigenvalue weighted by Gasteiger charge is -2.02. The molecule has 0 aliphatic rings. The summed E-state index contributed by atoms with van der Waals surface area (Å²) in [6.45, 7) is 1.96. The van der Waals surface area contributed by atoms with Crippen LogP contribution in [-0.4, -0.2) is 15.0 Å². The molecule has 0 radical (unpaired) electrons. The van der Waals surface area contributed by atoms with E-state index in [4.69, 9.17) is 0 Å². The Morgan fingerprint density at radius 1 is 1.10 bits per heavy atom. The number of hydrogen-bond acceptors (Lipinski definition) is 5. The zero-order valence-electron chi connectivity index (χ0n) is 10.7. The molecular formula is C13H8F3N3S2. The van der Waals surface area contributed by atoms with Gasteiger partial charge in [-0.1, -0.05) is 0 Å². The van der Waals surface area contributed by atoms with Crippen LogP contribution in [0.2, 0.25) is 0 Å². The number of thiazole rings is 1. The van der Waals surface area contributed by atoms with Gasteiger partial charge in [0.05, 0.1) is 5.69 Å². The van der Waals surface area contributed by atoms with Crippen LogP contribution in [0.5, 0.6) is 0 Å².